The molecule has 19 heavy (non-hydrogen) atoms. The van der Waals surface area contributed by atoms with Gasteiger partial charge in [-0.3, -0.25) is 4.79 Å². The van der Waals surface area contributed by atoms with E-state index in [0.29, 0.717) is 0 Å². The number of nitrogens with one attached hydrogen (secondary N) is 2. The van der Waals surface area contributed by atoms with E-state index in [-0.39, 0.29) is 11.4 Å². The minimum absolute atomic E-state index is 0.0537. The van der Waals surface area contributed by atoms with Gasteiger partial charge in [-0.05, 0) is 43.7 Å². The van der Waals surface area contributed by atoms with E-state index in [1.165, 1.54) is 0 Å². The van der Waals surface area contributed by atoms with Crippen molar-refractivity contribution in [2.24, 2.45) is 0 Å². The molecule has 1 aromatic rings. The van der Waals surface area contributed by atoms with Crippen molar-refractivity contribution in [1.29, 1.82) is 0 Å². The smallest absolute Gasteiger partial charge is 0.244 e. The Morgan fingerprint density at radius 3 is 2.74 bits per heavy atom. The lowest BCUT2D eigenvalue weighted by Crippen LogP contribution is -2.46. The lowest BCUT2D eigenvalue weighted by molar-refractivity contribution is -0.117. The van der Waals surface area contributed by atoms with Crippen molar-refractivity contribution in [3.63, 3.8) is 0 Å². The van der Waals surface area contributed by atoms with Gasteiger partial charge < -0.3 is 15.4 Å². The molecule has 1 amide bonds. The van der Waals surface area contributed by atoms with Crippen LogP contribution in [0.15, 0.2) is 30.3 Å². The summed E-state index contributed by atoms with van der Waals surface area (Å²) < 4.78 is 5.09. The highest BCUT2D eigenvalue weighted by Gasteiger charge is 2.29. The van der Waals surface area contributed by atoms with Gasteiger partial charge in [0.05, 0.1) is 12.6 Å². The average Bonchev–Trinajstić information content (AvgIpc) is 2.83. The van der Waals surface area contributed by atoms with E-state index in [9.17, 15) is 4.79 Å². The molecule has 1 saturated heterocycles. The van der Waals surface area contributed by atoms with Gasteiger partial charge in [0.15, 0.2) is 0 Å². The standard InChI is InChI=1S/C15H20N2O2/c1-15(9-10-16-11-15)17-14(18)8-5-12-3-6-13(19-2)7-4-12/h3-8,16H,9-11H2,1-2H3,(H,17,18)/b8-5+. The maximum absolute atomic E-state index is 11.9. The fourth-order valence-corrected chi connectivity index (χ4v) is 2.15. The van der Waals surface area contributed by atoms with Gasteiger partial charge in [-0.1, -0.05) is 12.1 Å². The average molecular weight is 260 g/mol. The molecule has 0 aliphatic carbocycles. The second kappa shape index (κ2) is 5.89. The molecule has 0 aromatic heterocycles. The fraction of sp³-hybridized carbons (Fsp3) is 0.400. The van der Waals surface area contributed by atoms with Crippen molar-refractivity contribution >= 4 is 12.0 Å². The van der Waals surface area contributed by atoms with Gasteiger partial charge in [-0.15, -0.1) is 0 Å². The molecule has 1 heterocycles. The molecule has 1 aliphatic heterocycles. The maximum Gasteiger partial charge on any atom is 0.244 e. The SMILES string of the molecule is COc1ccc(/C=C/C(=O)NC2(C)CCNC2)cc1. The van der Waals surface area contributed by atoms with Crippen LogP contribution in [0.2, 0.25) is 0 Å². The molecule has 0 radical (unpaired) electrons. The Bertz CT molecular complexity index is 460. The first-order chi connectivity index (χ1) is 9.11. The number of hydrogen-bond donors (Lipinski definition) is 2. The van der Waals surface area contributed by atoms with Gasteiger partial charge in [0.1, 0.15) is 5.75 Å². The highest BCUT2D eigenvalue weighted by molar-refractivity contribution is 5.92. The molecule has 4 nitrogen and oxygen atoms in total. The molecule has 0 bridgehead atoms. The predicted octanol–water partition coefficient (Wildman–Crippen LogP) is 1.58. The predicted molar refractivity (Wildman–Crippen MR) is 76.1 cm³/mol. The lowest BCUT2D eigenvalue weighted by atomic mass is 10.0. The number of rotatable bonds is 4. The quantitative estimate of drug-likeness (QED) is 0.808. The third-order valence-corrected chi connectivity index (χ3v) is 3.34. The Kier molecular flexibility index (Phi) is 4.22. The van der Waals surface area contributed by atoms with Crippen molar-refractivity contribution in [2.45, 2.75) is 18.9 Å². The summed E-state index contributed by atoms with van der Waals surface area (Å²) in [6.07, 6.45) is 4.35. The van der Waals surface area contributed by atoms with Crippen molar-refractivity contribution < 1.29 is 9.53 Å². The molecule has 4 heteroatoms. The van der Waals surface area contributed by atoms with Gasteiger partial charge in [-0.2, -0.15) is 0 Å². The molecular weight excluding hydrogens is 240 g/mol. The van der Waals surface area contributed by atoms with Crippen LogP contribution in [0.1, 0.15) is 18.9 Å². The minimum Gasteiger partial charge on any atom is -0.497 e. The Hall–Kier alpha value is -1.81. The third-order valence-electron chi connectivity index (χ3n) is 3.34. The number of benzene rings is 1. The monoisotopic (exact) mass is 260 g/mol. The zero-order valence-electron chi connectivity index (χ0n) is 11.4. The number of ether oxygens (including phenoxy) is 1. The Morgan fingerprint density at radius 2 is 2.16 bits per heavy atom. The lowest BCUT2D eigenvalue weighted by Gasteiger charge is -2.23. The summed E-state index contributed by atoms with van der Waals surface area (Å²) >= 11 is 0. The first-order valence-electron chi connectivity index (χ1n) is 6.46. The second-order valence-electron chi connectivity index (χ2n) is 5.08. The van der Waals surface area contributed by atoms with Crippen molar-refractivity contribution in [1.82, 2.24) is 10.6 Å². The molecule has 102 valence electrons. The molecule has 1 aromatic carbocycles. The molecule has 2 rings (SSSR count). The number of hydrogen-bond acceptors (Lipinski definition) is 3. The molecule has 0 saturated carbocycles. The zero-order chi connectivity index (χ0) is 13.7. The summed E-state index contributed by atoms with van der Waals surface area (Å²) in [5, 5.41) is 6.29. The van der Waals surface area contributed by atoms with Crippen molar-refractivity contribution in [3.05, 3.63) is 35.9 Å². The van der Waals surface area contributed by atoms with Gasteiger partial charge in [0.25, 0.3) is 0 Å². The van der Waals surface area contributed by atoms with Crippen molar-refractivity contribution in [3.8, 4) is 5.75 Å². The second-order valence-corrected chi connectivity index (χ2v) is 5.08. The summed E-state index contributed by atoms with van der Waals surface area (Å²) in [5.41, 5.74) is 0.854. The first kappa shape index (κ1) is 13.6. The molecule has 1 atom stereocenters. The number of carbonyl (C=O) groups excluding carboxylic acids is 1. The van der Waals surface area contributed by atoms with Crippen LogP contribution >= 0.6 is 0 Å². The van der Waals surface area contributed by atoms with E-state index < -0.39 is 0 Å². The zero-order valence-corrected chi connectivity index (χ0v) is 11.4. The Balaban J connectivity index is 1.92. The normalized spacial score (nSPS) is 22.6. The van der Waals surface area contributed by atoms with Crippen LogP contribution in [0.4, 0.5) is 0 Å². The minimum atomic E-state index is -0.124. The Morgan fingerprint density at radius 1 is 1.42 bits per heavy atom. The molecule has 1 aliphatic rings. The molecule has 1 unspecified atom stereocenters. The van der Waals surface area contributed by atoms with Crippen LogP contribution in [0.5, 0.6) is 5.75 Å². The van der Waals surface area contributed by atoms with E-state index >= 15 is 0 Å². The van der Waals surface area contributed by atoms with E-state index in [1.54, 1.807) is 19.3 Å². The van der Waals surface area contributed by atoms with E-state index in [0.717, 1.165) is 30.8 Å². The summed E-state index contributed by atoms with van der Waals surface area (Å²) in [5.74, 6) is 0.758. The highest BCUT2D eigenvalue weighted by Crippen LogP contribution is 2.14. The first-order valence-corrected chi connectivity index (χ1v) is 6.46. The van der Waals surface area contributed by atoms with E-state index in [1.807, 2.05) is 24.3 Å². The largest absolute Gasteiger partial charge is 0.497 e. The van der Waals surface area contributed by atoms with Crippen molar-refractivity contribution in [2.75, 3.05) is 20.2 Å². The Labute approximate surface area is 113 Å². The molecular formula is C15H20N2O2. The number of carbonyl (C=O) groups is 1. The topological polar surface area (TPSA) is 50.4 Å². The van der Waals surface area contributed by atoms with Gasteiger partial charge in [0, 0.05) is 12.6 Å². The third kappa shape index (κ3) is 3.83. The summed E-state index contributed by atoms with van der Waals surface area (Å²) in [7, 11) is 1.63. The molecule has 1 fully saturated rings. The number of amides is 1. The van der Waals surface area contributed by atoms with Gasteiger partial charge >= 0.3 is 0 Å². The molecule has 0 spiro atoms. The van der Waals surface area contributed by atoms with Gasteiger partial charge in [0.2, 0.25) is 5.91 Å². The van der Waals surface area contributed by atoms with Gasteiger partial charge in [-0.25, -0.2) is 0 Å². The van der Waals surface area contributed by atoms with Crippen LogP contribution in [-0.4, -0.2) is 31.6 Å². The maximum atomic E-state index is 11.9. The molecule has 2 N–H and O–H groups in total. The summed E-state index contributed by atoms with van der Waals surface area (Å²) in [4.78, 5) is 11.9. The summed E-state index contributed by atoms with van der Waals surface area (Å²) in [6.45, 7) is 3.85. The van der Waals surface area contributed by atoms with E-state index in [2.05, 4.69) is 17.6 Å². The van der Waals surface area contributed by atoms with E-state index in [4.69, 9.17) is 4.74 Å². The van der Waals surface area contributed by atoms with Crippen LogP contribution < -0.4 is 15.4 Å². The van der Waals surface area contributed by atoms with Crippen LogP contribution in [0.3, 0.4) is 0 Å². The number of methoxy groups -OCH3 is 1. The summed E-state index contributed by atoms with van der Waals surface area (Å²) in [6, 6.07) is 7.59. The fourth-order valence-electron chi connectivity index (χ4n) is 2.15. The highest BCUT2D eigenvalue weighted by atomic mass is 16.5. The van der Waals surface area contributed by atoms with Crippen LogP contribution in [0.25, 0.3) is 6.08 Å². The van der Waals surface area contributed by atoms with Crippen LogP contribution in [0, 0.1) is 0 Å². The van der Waals surface area contributed by atoms with Crippen LogP contribution in [-0.2, 0) is 4.79 Å².